The third kappa shape index (κ3) is 3.14. The van der Waals surface area contributed by atoms with E-state index < -0.39 is 0 Å². The van der Waals surface area contributed by atoms with E-state index in [1.54, 1.807) is 25.7 Å². The van der Waals surface area contributed by atoms with Crippen LogP contribution < -0.4 is 4.90 Å². The second-order valence-electron chi connectivity index (χ2n) is 26.3. The van der Waals surface area contributed by atoms with Gasteiger partial charge in [0.2, 0.25) is 0 Å². The second-order valence-corrected chi connectivity index (χ2v) is 26.3. The Morgan fingerprint density at radius 3 is 2.13 bits per heavy atom. The van der Waals surface area contributed by atoms with Crippen molar-refractivity contribution in [2.45, 2.75) is 116 Å². The summed E-state index contributed by atoms with van der Waals surface area (Å²) in [6.07, 6.45) is 32.8. The van der Waals surface area contributed by atoms with Gasteiger partial charge in [-0.05, 0) is 216 Å². The van der Waals surface area contributed by atoms with Gasteiger partial charge in [-0.1, -0.05) is 99.7 Å². The van der Waals surface area contributed by atoms with Gasteiger partial charge >= 0.3 is 0 Å². The normalized spacial score (nSPS) is 60.0. The van der Waals surface area contributed by atoms with Crippen LogP contribution in [0.15, 0.2) is 70.4 Å². The quantitative estimate of drug-likeness (QED) is 0.178. The molecule has 0 bridgehead atoms. The van der Waals surface area contributed by atoms with E-state index in [9.17, 15) is 5.11 Å². The predicted molar refractivity (Wildman–Crippen MR) is 235 cm³/mol. The van der Waals surface area contributed by atoms with E-state index in [1.165, 1.54) is 89.3 Å². The van der Waals surface area contributed by atoms with Crippen LogP contribution in [0.5, 0.6) is 5.75 Å². The summed E-state index contributed by atoms with van der Waals surface area (Å²) in [6.45, 7) is 3.63. The van der Waals surface area contributed by atoms with Crippen molar-refractivity contribution < 1.29 is 5.11 Å². The van der Waals surface area contributed by atoms with Crippen LogP contribution in [0.25, 0.3) is 0 Å². The first-order valence-corrected chi connectivity index (χ1v) is 27.1. The van der Waals surface area contributed by atoms with Crippen LogP contribution in [0.1, 0.15) is 110 Å². The van der Waals surface area contributed by atoms with Crippen molar-refractivity contribution in [1.29, 1.82) is 0 Å². The number of nitrogens with zero attached hydrogens (tertiary/aromatic N) is 1. The Labute approximate surface area is 359 Å². The molecule has 2 heteroatoms. The Morgan fingerprint density at radius 1 is 0.583 bits per heavy atom. The van der Waals surface area contributed by atoms with Crippen LogP contribution in [-0.2, 0) is 0 Å². The average Bonchev–Trinajstić information content (AvgIpc) is 4.10. The lowest BCUT2D eigenvalue weighted by molar-refractivity contribution is -0.165. The van der Waals surface area contributed by atoms with E-state index in [1.807, 2.05) is 28.9 Å². The maximum absolute atomic E-state index is 10.7. The summed E-state index contributed by atoms with van der Waals surface area (Å²) in [4.78, 5) is 3.12. The smallest absolute Gasteiger partial charge is 0.115 e. The molecule has 18 rings (SSSR count). The summed E-state index contributed by atoms with van der Waals surface area (Å²) in [6, 6.07) is 9.41. The van der Waals surface area contributed by atoms with E-state index in [4.69, 9.17) is 0 Å². The van der Waals surface area contributed by atoms with E-state index in [-0.39, 0.29) is 5.41 Å². The molecule has 1 aromatic rings. The molecule has 1 aromatic carbocycles. The predicted octanol–water partition coefficient (Wildman–Crippen LogP) is 12.3. The molecule has 11 saturated carbocycles. The molecule has 26 atom stereocenters. The van der Waals surface area contributed by atoms with Crippen molar-refractivity contribution in [3.05, 3.63) is 70.4 Å². The molecule has 1 aliphatic heterocycles. The molecule has 12 fully saturated rings. The number of phenols is 1. The molecule has 0 aromatic heterocycles. The summed E-state index contributed by atoms with van der Waals surface area (Å²) < 4.78 is 0. The topological polar surface area (TPSA) is 23.5 Å². The van der Waals surface area contributed by atoms with Crippen molar-refractivity contribution in [2.24, 2.45) is 147 Å². The van der Waals surface area contributed by atoms with Gasteiger partial charge in [0, 0.05) is 29.1 Å². The number of unbranched alkanes of at least 4 members (excludes halogenated alkanes) is 8. The summed E-state index contributed by atoms with van der Waals surface area (Å²) in [5.41, 5.74) is 12.2. The van der Waals surface area contributed by atoms with Gasteiger partial charge in [0.05, 0.1) is 0 Å². The number of allylic oxidation sites excluding steroid dienone is 6. The Morgan fingerprint density at radius 2 is 1.28 bits per heavy atom. The van der Waals surface area contributed by atoms with Gasteiger partial charge in [-0.25, -0.2) is 0 Å². The van der Waals surface area contributed by atoms with E-state index >= 15 is 0 Å². The lowest BCUT2D eigenvalue weighted by Crippen LogP contribution is -2.66. The minimum Gasteiger partial charge on any atom is -0.508 e. The maximum atomic E-state index is 10.7. The second kappa shape index (κ2) is 10.5. The number of hydrogen-bond acceptors (Lipinski definition) is 2. The van der Waals surface area contributed by atoms with Crippen molar-refractivity contribution in [3.8, 4) is 5.75 Å². The highest BCUT2D eigenvalue weighted by Crippen LogP contribution is 2.95. The van der Waals surface area contributed by atoms with Crippen LogP contribution in [0.2, 0.25) is 0 Å². The zero-order valence-electron chi connectivity index (χ0n) is 36.3. The fourth-order valence-corrected chi connectivity index (χ4v) is 26.6. The minimum absolute atomic E-state index is 0.277. The largest absolute Gasteiger partial charge is 0.508 e. The Balaban J connectivity index is 0.876. The summed E-state index contributed by atoms with van der Waals surface area (Å²) in [5.74, 6) is 23.8. The van der Waals surface area contributed by atoms with Gasteiger partial charge < -0.3 is 10.0 Å². The third-order valence-electron chi connectivity index (χ3n) is 26.0. The van der Waals surface area contributed by atoms with Gasteiger partial charge in [0.25, 0.3) is 0 Å². The average molecular weight is 796 g/mol. The standard InChI is InChI=1S/C58H69NO/c1-2-3-4-5-6-7-8-9-10-11-37-58-34-23-32-21-29-17-27-19-30-18-26-16-28-20-31-22-33(24-34)57(58,25-59(37)35-12-14-36(60)15-13-35)55-43(31)47-40(28)38(26)45-42(30)46-39(27)41(29)48-44(32)56(58)54-52(48)50(46)49(45)51(47)53(54)55/h12-15,22-24,26,28-31,37-38,40-56,60H,2-11,16-21,25H2,1H3. The fourth-order valence-electron chi connectivity index (χ4n) is 26.6. The third-order valence-corrected chi connectivity index (χ3v) is 26.0. The highest BCUT2D eigenvalue weighted by molar-refractivity contribution is 5.68. The number of hydrogen-bond donors (Lipinski definition) is 1. The van der Waals surface area contributed by atoms with Crippen molar-refractivity contribution in [3.63, 3.8) is 0 Å². The van der Waals surface area contributed by atoms with Crippen molar-refractivity contribution in [1.82, 2.24) is 0 Å². The Hall–Kier alpha value is -2.22. The summed E-state index contributed by atoms with van der Waals surface area (Å²) >= 11 is 0. The van der Waals surface area contributed by atoms with Gasteiger partial charge in [0.15, 0.2) is 0 Å². The molecule has 2 spiro atoms. The Kier molecular flexibility index (Phi) is 5.82. The van der Waals surface area contributed by atoms with Crippen LogP contribution in [0.4, 0.5) is 5.69 Å². The summed E-state index contributed by atoms with van der Waals surface area (Å²) in [7, 11) is 0. The number of phenolic OH excluding ortho intramolecular Hbond substituents is 1. The Bertz CT molecular complexity index is 2310. The first kappa shape index (κ1) is 33.3. The van der Waals surface area contributed by atoms with Crippen molar-refractivity contribution in [2.75, 3.05) is 11.4 Å². The first-order valence-electron chi connectivity index (χ1n) is 27.1. The molecule has 26 unspecified atom stereocenters. The van der Waals surface area contributed by atoms with E-state index in [0.29, 0.717) is 17.2 Å². The fraction of sp³-hybridized carbons (Fsp3) is 0.759. The van der Waals surface area contributed by atoms with Crippen LogP contribution in [-0.4, -0.2) is 17.7 Å². The SMILES string of the molecule is CCCCCCCCCCCC1N(c2ccc(O)cc2)CC23C4=CC5CC6CC7CC8CC9=C%10C%11C(CC%12=CC(=C4)C12C1C%12C%11C2C4C%10C8C8C7C6C6C(C48)C(C21)C3C56)C9. The first-order chi connectivity index (χ1) is 29.6. The molecule has 0 radical (unpaired) electrons. The van der Waals surface area contributed by atoms with Crippen LogP contribution in [0, 0.1) is 147 Å². The van der Waals surface area contributed by atoms with Crippen molar-refractivity contribution >= 4 is 5.69 Å². The summed E-state index contributed by atoms with van der Waals surface area (Å²) in [5, 5.41) is 10.7. The molecule has 2 nitrogen and oxygen atoms in total. The van der Waals surface area contributed by atoms with E-state index in [2.05, 4.69) is 53.3 Å². The molecule has 0 amide bonds. The van der Waals surface area contributed by atoms with Crippen LogP contribution in [0.3, 0.4) is 0 Å². The minimum atomic E-state index is 0.277. The lowest BCUT2D eigenvalue weighted by atomic mass is 9.35. The molecule has 16 aliphatic carbocycles. The molecule has 17 aliphatic rings. The van der Waals surface area contributed by atoms with E-state index in [0.717, 1.165) is 136 Å². The molecular formula is C58H69NO. The molecular weight excluding hydrogens is 727 g/mol. The van der Waals surface area contributed by atoms with Gasteiger partial charge in [0.1, 0.15) is 5.75 Å². The lowest BCUT2D eigenvalue weighted by Gasteiger charge is -2.67. The number of rotatable bonds is 11. The monoisotopic (exact) mass is 796 g/mol. The molecule has 1 saturated heterocycles. The van der Waals surface area contributed by atoms with Gasteiger partial charge in [-0.3, -0.25) is 0 Å². The van der Waals surface area contributed by atoms with Gasteiger partial charge in [-0.15, -0.1) is 0 Å². The maximum Gasteiger partial charge on any atom is 0.115 e. The number of aromatic hydroxyl groups is 1. The highest BCUT2D eigenvalue weighted by atomic mass is 16.3. The van der Waals surface area contributed by atoms with Gasteiger partial charge in [-0.2, -0.15) is 0 Å². The highest BCUT2D eigenvalue weighted by Gasteiger charge is 2.92. The number of benzene rings is 1. The zero-order chi connectivity index (χ0) is 38.4. The zero-order valence-corrected chi connectivity index (χ0v) is 36.3. The molecule has 60 heavy (non-hydrogen) atoms. The number of anilines is 1. The molecule has 1 heterocycles. The van der Waals surface area contributed by atoms with Crippen LogP contribution >= 0.6 is 0 Å². The molecule has 1 N–H and O–H groups in total. The molecule has 312 valence electrons.